The zero-order valence-corrected chi connectivity index (χ0v) is 7.60. The van der Waals surface area contributed by atoms with Gasteiger partial charge in [-0.25, -0.2) is 4.68 Å². The highest BCUT2D eigenvalue weighted by atomic mass is 16.5. The van der Waals surface area contributed by atoms with Crippen molar-refractivity contribution in [2.24, 2.45) is 0 Å². The summed E-state index contributed by atoms with van der Waals surface area (Å²) in [6, 6.07) is 0.484. The highest BCUT2D eigenvalue weighted by Gasteiger charge is 2.28. The van der Waals surface area contributed by atoms with Crippen LogP contribution in [0, 0.1) is 0 Å². The molecular formula is C8H13N3O2. The van der Waals surface area contributed by atoms with Crippen molar-refractivity contribution < 1.29 is 9.84 Å². The highest BCUT2D eigenvalue weighted by molar-refractivity contribution is 5.10. The molecule has 5 nitrogen and oxygen atoms in total. The molecule has 1 aromatic rings. The summed E-state index contributed by atoms with van der Waals surface area (Å²) in [6.45, 7) is 0.408. The standard InChI is InChI=1S/C8H13N3O2/c1-13-5-8-7(4-12)9-10-11(8)6-2-3-6/h6,12H,2-5H2,1H3. The Morgan fingerprint density at radius 3 is 2.92 bits per heavy atom. The van der Waals surface area contributed by atoms with Crippen molar-refractivity contribution in [2.45, 2.75) is 32.1 Å². The van der Waals surface area contributed by atoms with E-state index >= 15 is 0 Å². The van der Waals surface area contributed by atoms with E-state index in [4.69, 9.17) is 9.84 Å². The van der Waals surface area contributed by atoms with Crippen molar-refractivity contribution in [3.63, 3.8) is 0 Å². The zero-order chi connectivity index (χ0) is 9.26. The molecule has 1 saturated carbocycles. The number of methoxy groups -OCH3 is 1. The van der Waals surface area contributed by atoms with Crippen molar-refractivity contribution in [3.05, 3.63) is 11.4 Å². The van der Waals surface area contributed by atoms with Crippen LogP contribution in [-0.2, 0) is 18.0 Å². The summed E-state index contributed by atoms with van der Waals surface area (Å²) < 4.78 is 6.91. The molecule has 0 atom stereocenters. The van der Waals surface area contributed by atoms with Gasteiger partial charge in [-0.15, -0.1) is 5.10 Å². The van der Waals surface area contributed by atoms with Gasteiger partial charge in [0, 0.05) is 7.11 Å². The molecule has 5 heteroatoms. The SMILES string of the molecule is COCc1c(CO)nnn1C1CC1. The van der Waals surface area contributed by atoms with E-state index in [2.05, 4.69) is 10.3 Å². The van der Waals surface area contributed by atoms with Crippen molar-refractivity contribution in [1.29, 1.82) is 0 Å². The van der Waals surface area contributed by atoms with Gasteiger partial charge in [0.2, 0.25) is 0 Å². The first-order valence-electron chi connectivity index (χ1n) is 4.39. The zero-order valence-electron chi connectivity index (χ0n) is 7.60. The number of aliphatic hydroxyl groups excluding tert-OH is 1. The van der Waals surface area contributed by atoms with Gasteiger partial charge in [0.15, 0.2) is 0 Å². The molecule has 1 aliphatic carbocycles. The summed E-state index contributed by atoms with van der Waals surface area (Å²) in [4.78, 5) is 0. The van der Waals surface area contributed by atoms with E-state index in [1.54, 1.807) is 7.11 Å². The molecule has 0 spiro atoms. The largest absolute Gasteiger partial charge is 0.390 e. The molecule has 72 valence electrons. The molecule has 0 radical (unpaired) electrons. The monoisotopic (exact) mass is 183 g/mol. The van der Waals surface area contributed by atoms with Gasteiger partial charge >= 0.3 is 0 Å². The second-order valence-corrected chi connectivity index (χ2v) is 3.25. The minimum absolute atomic E-state index is 0.0641. The molecule has 1 fully saturated rings. The highest BCUT2D eigenvalue weighted by Crippen LogP contribution is 2.35. The van der Waals surface area contributed by atoms with E-state index in [-0.39, 0.29) is 6.61 Å². The van der Waals surface area contributed by atoms with Gasteiger partial charge in [0.1, 0.15) is 5.69 Å². The number of rotatable bonds is 4. The van der Waals surface area contributed by atoms with Crippen molar-refractivity contribution in [3.8, 4) is 0 Å². The third kappa shape index (κ3) is 1.57. The van der Waals surface area contributed by atoms with Crippen LogP contribution in [0.15, 0.2) is 0 Å². The molecule has 1 N–H and O–H groups in total. The van der Waals surface area contributed by atoms with E-state index in [1.807, 2.05) is 4.68 Å². The van der Waals surface area contributed by atoms with Crippen LogP contribution in [0.5, 0.6) is 0 Å². The molecule has 0 bridgehead atoms. The van der Waals surface area contributed by atoms with Gasteiger partial charge in [-0.2, -0.15) is 0 Å². The Hall–Kier alpha value is -0.940. The molecule has 1 heterocycles. The Morgan fingerprint density at radius 2 is 2.38 bits per heavy atom. The van der Waals surface area contributed by atoms with Crippen LogP contribution >= 0.6 is 0 Å². The van der Waals surface area contributed by atoms with Crippen molar-refractivity contribution >= 4 is 0 Å². The number of ether oxygens (including phenoxy) is 1. The predicted molar refractivity (Wildman–Crippen MR) is 44.9 cm³/mol. The number of aliphatic hydroxyl groups is 1. The minimum atomic E-state index is -0.0641. The molecule has 0 aromatic carbocycles. The average Bonchev–Trinajstić information content (AvgIpc) is 2.90. The molecule has 0 aliphatic heterocycles. The molecule has 1 aromatic heterocycles. The Kier molecular flexibility index (Phi) is 2.28. The lowest BCUT2D eigenvalue weighted by Gasteiger charge is -2.03. The number of hydrogen-bond acceptors (Lipinski definition) is 4. The van der Waals surface area contributed by atoms with E-state index in [0.717, 1.165) is 18.5 Å². The van der Waals surface area contributed by atoms with Crippen LogP contribution in [0.25, 0.3) is 0 Å². The van der Waals surface area contributed by atoms with Crippen molar-refractivity contribution in [2.75, 3.05) is 7.11 Å². The molecule has 0 saturated heterocycles. The number of hydrogen-bond donors (Lipinski definition) is 1. The summed E-state index contributed by atoms with van der Waals surface area (Å²) in [7, 11) is 1.63. The summed E-state index contributed by atoms with van der Waals surface area (Å²) in [5.41, 5.74) is 1.54. The van der Waals surface area contributed by atoms with Crippen molar-refractivity contribution in [1.82, 2.24) is 15.0 Å². The summed E-state index contributed by atoms with van der Waals surface area (Å²) >= 11 is 0. The first kappa shape index (κ1) is 8.65. The van der Waals surface area contributed by atoms with Crippen LogP contribution in [0.3, 0.4) is 0 Å². The Balaban J connectivity index is 2.26. The second kappa shape index (κ2) is 3.43. The number of aromatic nitrogens is 3. The van der Waals surface area contributed by atoms with Gasteiger partial charge in [-0.1, -0.05) is 5.21 Å². The Bertz CT molecular complexity index is 294. The fourth-order valence-corrected chi connectivity index (χ4v) is 1.37. The Labute approximate surface area is 76.3 Å². The first-order valence-corrected chi connectivity index (χ1v) is 4.39. The van der Waals surface area contributed by atoms with E-state index < -0.39 is 0 Å². The normalized spacial score (nSPS) is 16.5. The summed E-state index contributed by atoms with van der Waals surface area (Å²) in [5.74, 6) is 0. The smallest absolute Gasteiger partial charge is 0.114 e. The Morgan fingerprint density at radius 1 is 1.62 bits per heavy atom. The number of nitrogens with zero attached hydrogens (tertiary/aromatic N) is 3. The fraction of sp³-hybridized carbons (Fsp3) is 0.750. The molecule has 2 rings (SSSR count). The van der Waals surface area contributed by atoms with Gasteiger partial charge < -0.3 is 9.84 Å². The lowest BCUT2D eigenvalue weighted by molar-refractivity contribution is 0.173. The third-order valence-electron chi connectivity index (χ3n) is 2.20. The molecule has 0 unspecified atom stereocenters. The first-order chi connectivity index (χ1) is 6.36. The molecule has 13 heavy (non-hydrogen) atoms. The average molecular weight is 183 g/mol. The predicted octanol–water partition coefficient (Wildman–Crippen LogP) is 0.252. The van der Waals surface area contributed by atoms with Gasteiger partial charge in [0.25, 0.3) is 0 Å². The van der Waals surface area contributed by atoms with E-state index in [0.29, 0.717) is 18.3 Å². The minimum Gasteiger partial charge on any atom is -0.390 e. The quantitative estimate of drug-likeness (QED) is 0.727. The topological polar surface area (TPSA) is 60.2 Å². The third-order valence-corrected chi connectivity index (χ3v) is 2.20. The van der Waals surface area contributed by atoms with Crippen LogP contribution in [-0.4, -0.2) is 27.2 Å². The summed E-state index contributed by atoms with van der Waals surface area (Å²) in [6.07, 6.45) is 2.32. The van der Waals surface area contributed by atoms with E-state index in [9.17, 15) is 0 Å². The maximum atomic E-state index is 8.99. The van der Waals surface area contributed by atoms with Crippen LogP contribution < -0.4 is 0 Å². The van der Waals surface area contributed by atoms with Gasteiger partial charge in [-0.3, -0.25) is 0 Å². The summed E-state index contributed by atoms with van der Waals surface area (Å²) in [5, 5.41) is 16.9. The van der Waals surface area contributed by atoms with Gasteiger partial charge in [-0.05, 0) is 12.8 Å². The fourth-order valence-electron chi connectivity index (χ4n) is 1.37. The molecular weight excluding hydrogens is 170 g/mol. The molecule has 1 aliphatic rings. The van der Waals surface area contributed by atoms with Crippen LogP contribution in [0.4, 0.5) is 0 Å². The van der Waals surface area contributed by atoms with Crippen LogP contribution in [0.1, 0.15) is 30.3 Å². The second-order valence-electron chi connectivity index (χ2n) is 3.25. The van der Waals surface area contributed by atoms with Gasteiger partial charge in [0.05, 0.1) is 24.9 Å². The lowest BCUT2D eigenvalue weighted by atomic mass is 10.3. The van der Waals surface area contributed by atoms with Crippen LogP contribution in [0.2, 0.25) is 0 Å². The maximum Gasteiger partial charge on any atom is 0.114 e. The maximum absolute atomic E-state index is 8.99. The van der Waals surface area contributed by atoms with E-state index in [1.165, 1.54) is 0 Å². The molecule has 0 amide bonds. The lowest BCUT2D eigenvalue weighted by Crippen LogP contribution is -2.05.